The Kier molecular flexibility index (Phi) is 4.04. The summed E-state index contributed by atoms with van der Waals surface area (Å²) in [6.07, 6.45) is 1.49. The number of hydrogen-bond acceptors (Lipinski definition) is 4. The maximum atomic E-state index is 6.14. The molecule has 0 saturated carbocycles. The van der Waals surface area contributed by atoms with Crippen molar-refractivity contribution >= 4 is 44.9 Å². The van der Waals surface area contributed by atoms with Crippen molar-refractivity contribution in [1.29, 1.82) is 0 Å². The lowest BCUT2D eigenvalue weighted by Gasteiger charge is -2.11. The molecule has 6 heteroatoms. The van der Waals surface area contributed by atoms with Gasteiger partial charge < -0.3 is 10.6 Å². The van der Waals surface area contributed by atoms with Crippen molar-refractivity contribution in [3.05, 3.63) is 39.6 Å². The van der Waals surface area contributed by atoms with Crippen LogP contribution in [0.4, 0.5) is 17.3 Å². The molecule has 0 fully saturated rings. The quantitative estimate of drug-likeness (QED) is 0.895. The van der Waals surface area contributed by atoms with E-state index < -0.39 is 0 Å². The molecule has 0 aliphatic heterocycles. The molecule has 0 bridgehead atoms. The highest BCUT2D eigenvalue weighted by molar-refractivity contribution is 9.10. The first-order chi connectivity index (χ1) is 8.61. The van der Waals surface area contributed by atoms with Gasteiger partial charge in [-0.3, -0.25) is 0 Å². The van der Waals surface area contributed by atoms with Gasteiger partial charge in [0.25, 0.3) is 0 Å². The second-order valence-corrected chi connectivity index (χ2v) is 4.94. The van der Waals surface area contributed by atoms with Crippen LogP contribution in [-0.2, 0) is 0 Å². The lowest BCUT2D eigenvalue weighted by Crippen LogP contribution is -2.01. The molecule has 0 atom stereocenters. The van der Waals surface area contributed by atoms with Gasteiger partial charge in [-0.15, -0.1) is 0 Å². The molecule has 0 unspecified atom stereocenters. The highest BCUT2D eigenvalue weighted by Crippen LogP contribution is 2.31. The molecular formula is C12H12BrClN4. The topological polar surface area (TPSA) is 49.8 Å². The first-order valence-corrected chi connectivity index (χ1v) is 6.50. The van der Waals surface area contributed by atoms with Gasteiger partial charge in [-0.1, -0.05) is 17.7 Å². The van der Waals surface area contributed by atoms with E-state index in [1.54, 1.807) is 7.05 Å². The zero-order chi connectivity index (χ0) is 13.1. The Morgan fingerprint density at radius 1 is 1.22 bits per heavy atom. The summed E-state index contributed by atoms with van der Waals surface area (Å²) in [5.74, 6) is 1.39. The van der Waals surface area contributed by atoms with E-state index in [9.17, 15) is 0 Å². The minimum atomic E-state index is 0.650. The summed E-state index contributed by atoms with van der Waals surface area (Å²) >= 11 is 9.58. The molecule has 18 heavy (non-hydrogen) atoms. The van der Waals surface area contributed by atoms with E-state index in [2.05, 4.69) is 36.5 Å². The number of halogens is 2. The van der Waals surface area contributed by atoms with Crippen LogP contribution < -0.4 is 10.6 Å². The summed E-state index contributed by atoms with van der Waals surface area (Å²) in [4.78, 5) is 8.28. The molecule has 0 aliphatic rings. The predicted molar refractivity (Wildman–Crippen MR) is 78.8 cm³/mol. The van der Waals surface area contributed by atoms with Gasteiger partial charge in [-0.05, 0) is 40.5 Å². The van der Waals surface area contributed by atoms with E-state index >= 15 is 0 Å². The Morgan fingerprint density at radius 3 is 2.67 bits per heavy atom. The largest absolute Gasteiger partial charge is 0.372 e. The second kappa shape index (κ2) is 5.54. The van der Waals surface area contributed by atoms with Crippen LogP contribution in [0.5, 0.6) is 0 Å². The average molecular weight is 328 g/mol. The van der Waals surface area contributed by atoms with Gasteiger partial charge in [0.2, 0.25) is 0 Å². The standard InChI is InChI=1S/C12H12BrClN4/c1-7-3-4-8(14)9(5-7)18-12-10(13)11(15-2)16-6-17-12/h3-6H,1-2H3,(H2,15,16,17,18). The van der Waals surface area contributed by atoms with Crippen molar-refractivity contribution < 1.29 is 0 Å². The number of aromatic nitrogens is 2. The molecule has 1 aromatic carbocycles. The number of aryl methyl sites for hydroxylation is 1. The highest BCUT2D eigenvalue weighted by Gasteiger charge is 2.09. The molecule has 4 nitrogen and oxygen atoms in total. The van der Waals surface area contributed by atoms with Crippen molar-refractivity contribution in [1.82, 2.24) is 9.97 Å². The van der Waals surface area contributed by atoms with Crippen LogP contribution in [0.25, 0.3) is 0 Å². The summed E-state index contributed by atoms with van der Waals surface area (Å²) in [6, 6.07) is 5.78. The predicted octanol–water partition coefficient (Wildman–Crippen LogP) is 3.99. The fraction of sp³-hybridized carbons (Fsp3) is 0.167. The molecule has 0 spiro atoms. The van der Waals surface area contributed by atoms with Crippen molar-refractivity contribution in [3.8, 4) is 0 Å². The number of hydrogen-bond donors (Lipinski definition) is 2. The molecule has 2 N–H and O–H groups in total. The second-order valence-electron chi connectivity index (χ2n) is 3.74. The SMILES string of the molecule is CNc1ncnc(Nc2cc(C)ccc2Cl)c1Br. The van der Waals surface area contributed by atoms with Gasteiger partial charge in [0, 0.05) is 7.05 Å². The van der Waals surface area contributed by atoms with Crippen LogP contribution in [0.2, 0.25) is 5.02 Å². The summed E-state index contributed by atoms with van der Waals surface area (Å²) in [5.41, 5.74) is 1.94. The Morgan fingerprint density at radius 2 is 1.94 bits per heavy atom. The van der Waals surface area contributed by atoms with Gasteiger partial charge in [0.15, 0.2) is 0 Å². The third kappa shape index (κ3) is 2.73. The first-order valence-electron chi connectivity index (χ1n) is 5.33. The fourth-order valence-electron chi connectivity index (χ4n) is 1.49. The third-order valence-corrected chi connectivity index (χ3v) is 3.48. The van der Waals surface area contributed by atoms with Gasteiger partial charge in [-0.25, -0.2) is 9.97 Å². The number of benzene rings is 1. The molecular weight excluding hydrogens is 316 g/mol. The molecule has 0 amide bonds. The van der Waals surface area contributed by atoms with Crippen LogP contribution >= 0.6 is 27.5 Å². The zero-order valence-corrected chi connectivity index (χ0v) is 12.3. The van der Waals surface area contributed by atoms with Crippen LogP contribution in [0.3, 0.4) is 0 Å². The fourth-order valence-corrected chi connectivity index (χ4v) is 2.16. The summed E-state index contributed by atoms with van der Waals surface area (Å²) in [5, 5.41) is 6.81. The van der Waals surface area contributed by atoms with E-state index in [-0.39, 0.29) is 0 Å². The molecule has 94 valence electrons. The van der Waals surface area contributed by atoms with Crippen LogP contribution in [0, 0.1) is 6.92 Å². The van der Waals surface area contributed by atoms with E-state index in [1.165, 1.54) is 6.33 Å². The molecule has 0 saturated heterocycles. The van der Waals surface area contributed by atoms with Crippen LogP contribution in [0.1, 0.15) is 5.56 Å². The molecule has 1 aromatic heterocycles. The lowest BCUT2D eigenvalue weighted by molar-refractivity contribution is 1.14. The molecule has 2 rings (SSSR count). The molecule has 0 aliphatic carbocycles. The number of nitrogens with zero attached hydrogens (tertiary/aromatic N) is 2. The lowest BCUT2D eigenvalue weighted by atomic mass is 10.2. The van der Waals surface area contributed by atoms with Crippen molar-refractivity contribution in [3.63, 3.8) is 0 Å². The number of anilines is 3. The Hall–Kier alpha value is -1.33. The molecule has 2 aromatic rings. The van der Waals surface area contributed by atoms with E-state index in [0.29, 0.717) is 10.8 Å². The number of nitrogens with one attached hydrogen (secondary N) is 2. The average Bonchev–Trinajstić information content (AvgIpc) is 2.36. The summed E-state index contributed by atoms with van der Waals surface area (Å²) in [7, 11) is 1.80. The Bertz CT molecular complexity index is 574. The van der Waals surface area contributed by atoms with E-state index in [4.69, 9.17) is 11.6 Å². The first kappa shape index (κ1) is 13.1. The van der Waals surface area contributed by atoms with Gasteiger partial charge in [0.1, 0.15) is 22.4 Å². The Labute approximate surface area is 119 Å². The van der Waals surface area contributed by atoms with Crippen molar-refractivity contribution in [2.75, 3.05) is 17.7 Å². The summed E-state index contributed by atoms with van der Waals surface area (Å²) < 4.78 is 0.769. The number of rotatable bonds is 3. The zero-order valence-electron chi connectivity index (χ0n) is 9.96. The maximum absolute atomic E-state index is 6.14. The minimum Gasteiger partial charge on any atom is -0.372 e. The van der Waals surface area contributed by atoms with E-state index in [0.717, 1.165) is 21.5 Å². The summed E-state index contributed by atoms with van der Waals surface area (Å²) in [6.45, 7) is 2.01. The normalized spacial score (nSPS) is 10.2. The highest BCUT2D eigenvalue weighted by atomic mass is 79.9. The molecule has 0 radical (unpaired) electrons. The van der Waals surface area contributed by atoms with E-state index in [1.807, 2.05) is 25.1 Å². The van der Waals surface area contributed by atoms with Crippen molar-refractivity contribution in [2.45, 2.75) is 6.92 Å². The van der Waals surface area contributed by atoms with Crippen LogP contribution in [0.15, 0.2) is 29.0 Å². The molecule has 1 heterocycles. The smallest absolute Gasteiger partial charge is 0.150 e. The van der Waals surface area contributed by atoms with Crippen molar-refractivity contribution in [2.24, 2.45) is 0 Å². The Balaban J connectivity index is 2.37. The minimum absolute atomic E-state index is 0.650. The van der Waals surface area contributed by atoms with Gasteiger partial charge in [0.05, 0.1) is 10.7 Å². The maximum Gasteiger partial charge on any atom is 0.150 e. The monoisotopic (exact) mass is 326 g/mol. The van der Waals surface area contributed by atoms with Gasteiger partial charge in [-0.2, -0.15) is 0 Å². The van der Waals surface area contributed by atoms with Gasteiger partial charge >= 0.3 is 0 Å². The third-order valence-electron chi connectivity index (χ3n) is 2.40. The van der Waals surface area contributed by atoms with Crippen LogP contribution in [-0.4, -0.2) is 17.0 Å².